The van der Waals surface area contributed by atoms with Gasteiger partial charge in [-0.1, -0.05) is 34.8 Å². The maximum Gasteiger partial charge on any atom is 0.142 e. The van der Waals surface area contributed by atoms with E-state index in [9.17, 15) is 0 Å². The molecule has 0 bridgehead atoms. The van der Waals surface area contributed by atoms with Crippen LogP contribution in [0.25, 0.3) is 0 Å². The van der Waals surface area contributed by atoms with E-state index >= 15 is 0 Å². The molecule has 2 nitrogen and oxygen atoms in total. The van der Waals surface area contributed by atoms with Crippen LogP contribution >= 0.6 is 27.3 Å². The summed E-state index contributed by atoms with van der Waals surface area (Å²) in [5, 5.41) is 5.90. The van der Waals surface area contributed by atoms with E-state index in [1.54, 1.807) is 7.11 Å². The molecule has 1 atom stereocenters. The second-order valence-corrected chi connectivity index (χ2v) is 7.42. The molecule has 1 aliphatic rings. The summed E-state index contributed by atoms with van der Waals surface area (Å²) in [5.74, 6) is 1.62. The molecule has 0 spiro atoms. The zero-order valence-corrected chi connectivity index (χ0v) is 14.5. The highest BCUT2D eigenvalue weighted by Gasteiger charge is 2.27. The number of nitrogens with one attached hydrogen (secondary N) is 1. The Morgan fingerprint density at radius 1 is 1.29 bits per heavy atom. The summed E-state index contributed by atoms with van der Waals surface area (Å²) in [5.41, 5.74) is 1.07. The van der Waals surface area contributed by atoms with Crippen LogP contribution in [-0.4, -0.2) is 7.11 Å². The van der Waals surface area contributed by atoms with Gasteiger partial charge in [0.15, 0.2) is 0 Å². The summed E-state index contributed by atoms with van der Waals surface area (Å²) in [6, 6.07) is 10.9. The maximum atomic E-state index is 5.50. The Balaban J connectivity index is 1.89. The molecule has 1 saturated carbocycles. The molecular weight excluding hydrogens is 346 g/mol. The van der Waals surface area contributed by atoms with E-state index in [-0.39, 0.29) is 0 Å². The second-order valence-electron chi connectivity index (χ2n) is 5.53. The Labute approximate surface area is 138 Å². The van der Waals surface area contributed by atoms with Crippen LogP contribution in [0.5, 0.6) is 5.75 Å². The molecule has 1 aliphatic carbocycles. The fourth-order valence-corrected chi connectivity index (χ4v) is 4.37. The van der Waals surface area contributed by atoms with Gasteiger partial charge in [-0.25, -0.2) is 0 Å². The lowest BCUT2D eigenvalue weighted by Crippen LogP contribution is -2.18. The standard InChI is InChI=1S/C17H20BrNOS/c1-20-15-9-8-13(18)11-14(15)19-17(12-5-2-3-6-12)16-7-4-10-21-16/h4,7-12,17,19H,2-3,5-6H2,1H3. The summed E-state index contributed by atoms with van der Waals surface area (Å²) in [6.45, 7) is 0. The van der Waals surface area contributed by atoms with E-state index < -0.39 is 0 Å². The van der Waals surface area contributed by atoms with Gasteiger partial charge in [0.05, 0.1) is 18.8 Å². The smallest absolute Gasteiger partial charge is 0.142 e. The number of ether oxygens (including phenoxy) is 1. The summed E-state index contributed by atoms with van der Waals surface area (Å²) < 4.78 is 6.57. The number of halogens is 1. The second kappa shape index (κ2) is 6.84. The van der Waals surface area contributed by atoms with E-state index in [0.29, 0.717) is 12.0 Å². The van der Waals surface area contributed by atoms with Crippen molar-refractivity contribution in [2.24, 2.45) is 5.92 Å². The number of thiophene rings is 1. The summed E-state index contributed by atoms with van der Waals surface area (Å²) in [6.07, 6.45) is 5.32. The summed E-state index contributed by atoms with van der Waals surface area (Å²) >= 11 is 5.39. The van der Waals surface area contributed by atoms with Crippen molar-refractivity contribution in [2.45, 2.75) is 31.7 Å². The quantitative estimate of drug-likeness (QED) is 0.715. The molecule has 0 amide bonds. The number of hydrogen-bond donors (Lipinski definition) is 1. The van der Waals surface area contributed by atoms with Crippen LogP contribution in [-0.2, 0) is 0 Å². The Morgan fingerprint density at radius 2 is 2.10 bits per heavy atom. The molecule has 1 heterocycles. The van der Waals surface area contributed by atoms with Gasteiger partial charge in [-0.2, -0.15) is 0 Å². The average molecular weight is 366 g/mol. The van der Waals surface area contributed by atoms with Gasteiger partial charge in [-0.15, -0.1) is 11.3 Å². The molecule has 1 aromatic carbocycles. The van der Waals surface area contributed by atoms with Crippen molar-refractivity contribution >= 4 is 33.0 Å². The van der Waals surface area contributed by atoms with E-state index in [1.165, 1.54) is 30.6 Å². The van der Waals surface area contributed by atoms with Crippen LogP contribution in [0.3, 0.4) is 0 Å². The highest BCUT2D eigenvalue weighted by Crippen LogP contribution is 2.41. The van der Waals surface area contributed by atoms with Crippen LogP contribution in [0.4, 0.5) is 5.69 Å². The first-order valence-electron chi connectivity index (χ1n) is 7.41. The molecular formula is C17H20BrNOS. The lowest BCUT2D eigenvalue weighted by molar-refractivity contribution is 0.413. The van der Waals surface area contributed by atoms with E-state index in [0.717, 1.165) is 15.9 Å². The third-order valence-electron chi connectivity index (χ3n) is 4.19. The first-order chi connectivity index (χ1) is 10.3. The third-order valence-corrected chi connectivity index (χ3v) is 5.64. The van der Waals surface area contributed by atoms with Gasteiger partial charge in [0.1, 0.15) is 5.75 Å². The minimum atomic E-state index is 0.385. The molecule has 3 rings (SSSR count). The van der Waals surface area contributed by atoms with Crippen molar-refractivity contribution in [2.75, 3.05) is 12.4 Å². The highest BCUT2D eigenvalue weighted by atomic mass is 79.9. The monoisotopic (exact) mass is 365 g/mol. The molecule has 112 valence electrons. The molecule has 1 fully saturated rings. The first kappa shape index (κ1) is 14.9. The zero-order valence-electron chi connectivity index (χ0n) is 12.1. The Kier molecular flexibility index (Phi) is 4.86. The van der Waals surface area contributed by atoms with Gasteiger partial charge in [0.2, 0.25) is 0 Å². The molecule has 2 aromatic rings. The highest BCUT2D eigenvalue weighted by molar-refractivity contribution is 9.10. The Morgan fingerprint density at radius 3 is 2.76 bits per heavy atom. The van der Waals surface area contributed by atoms with Gasteiger partial charge in [-0.3, -0.25) is 0 Å². The predicted molar refractivity (Wildman–Crippen MR) is 93.3 cm³/mol. The van der Waals surface area contributed by atoms with E-state index in [1.807, 2.05) is 23.5 Å². The predicted octanol–water partition coefficient (Wildman–Crippen LogP) is 5.86. The normalized spacial score (nSPS) is 16.9. The minimum absolute atomic E-state index is 0.385. The van der Waals surface area contributed by atoms with Crippen LogP contribution in [0.15, 0.2) is 40.2 Å². The van der Waals surface area contributed by atoms with Crippen molar-refractivity contribution in [3.8, 4) is 5.75 Å². The number of anilines is 1. The van der Waals surface area contributed by atoms with Crippen LogP contribution in [0.2, 0.25) is 0 Å². The Hall–Kier alpha value is -1.00. The van der Waals surface area contributed by atoms with Crippen molar-refractivity contribution in [3.05, 3.63) is 45.1 Å². The van der Waals surface area contributed by atoms with Crippen molar-refractivity contribution < 1.29 is 4.74 Å². The molecule has 1 aromatic heterocycles. The van der Waals surface area contributed by atoms with Gasteiger partial charge in [-0.05, 0) is 48.4 Å². The van der Waals surface area contributed by atoms with E-state index in [2.05, 4.69) is 44.8 Å². The minimum Gasteiger partial charge on any atom is -0.495 e. The average Bonchev–Trinajstić information content (AvgIpc) is 3.18. The topological polar surface area (TPSA) is 21.3 Å². The molecule has 0 saturated heterocycles. The van der Waals surface area contributed by atoms with Crippen molar-refractivity contribution in [3.63, 3.8) is 0 Å². The molecule has 1 unspecified atom stereocenters. The van der Waals surface area contributed by atoms with Crippen molar-refractivity contribution in [1.29, 1.82) is 0 Å². The molecule has 0 radical (unpaired) electrons. The Bertz CT molecular complexity index is 578. The fourth-order valence-electron chi connectivity index (χ4n) is 3.14. The van der Waals surface area contributed by atoms with Crippen molar-refractivity contribution in [1.82, 2.24) is 0 Å². The largest absolute Gasteiger partial charge is 0.495 e. The summed E-state index contributed by atoms with van der Waals surface area (Å²) in [4.78, 5) is 1.42. The van der Waals surface area contributed by atoms with Crippen LogP contribution < -0.4 is 10.1 Å². The third kappa shape index (κ3) is 3.43. The molecule has 4 heteroatoms. The maximum absolute atomic E-state index is 5.50. The van der Waals surface area contributed by atoms with Gasteiger partial charge >= 0.3 is 0 Å². The fraction of sp³-hybridized carbons (Fsp3) is 0.412. The van der Waals surface area contributed by atoms with Crippen LogP contribution in [0, 0.1) is 5.92 Å². The lowest BCUT2D eigenvalue weighted by Gasteiger charge is -2.26. The lowest BCUT2D eigenvalue weighted by atomic mass is 9.96. The summed E-state index contributed by atoms with van der Waals surface area (Å²) in [7, 11) is 1.73. The van der Waals surface area contributed by atoms with Gasteiger partial charge in [0.25, 0.3) is 0 Å². The van der Waals surface area contributed by atoms with E-state index in [4.69, 9.17) is 4.74 Å². The number of hydrogen-bond acceptors (Lipinski definition) is 3. The molecule has 21 heavy (non-hydrogen) atoms. The van der Waals surface area contributed by atoms with Gasteiger partial charge in [0, 0.05) is 9.35 Å². The number of methoxy groups -OCH3 is 1. The number of rotatable bonds is 5. The SMILES string of the molecule is COc1ccc(Br)cc1NC(c1cccs1)C1CCCC1. The van der Waals surface area contributed by atoms with Gasteiger partial charge < -0.3 is 10.1 Å². The molecule has 1 N–H and O–H groups in total. The number of benzene rings is 1. The first-order valence-corrected chi connectivity index (χ1v) is 9.08. The zero-order chi connectivity index (χ0) is 14.7. The molecule has 0 aliphatic heterocycles. The van der Waals surface area contributed by atoms with Crippen LogP contribution in [0.1, 0.15) is 36.6 Å².